The van der Waals surface area contributed by atoms with Crippen LogP contribution in [-0.2, 0) is 4.79 Å². The Balaban J connectivity index is 2.00. The monoisotopic (exact) mass is 274 g/mol. The first-order valence-electron chi connectivity index (χ1n) is 6.67. The SMILES string of the molecule is N#CCN(C(=O)[C@@H]1CCC[C@H](C(F)(F)F)C1)C1CC1. The van der Waals surface area contributed by atoms with E-state index in [2.05, 4.69) is 0 Å². The molecule has 19 heavy (non-hydrogen) atoms. The maximum absolute atomic E-state index is 12.7. The summed E-state index contributed by atoms with van der Waals surface area (Å²) >= 11 is 0. The van der Waals surface area contributed by atoms with E-state index in [1.807, 2.05) is 6.07 Å². The lowest BCUT2D eigenvalue weighted by atomic mass is 9.80. The fourth-order valence-corrected chi connectivity index (χ4v) is 2.80. The zero-order chi connectivity index (χ0) is 14.0. The van der Waals surface area contributed by atoms with Gasteiger partial charge in [0.15, 0.2) is 0 Å². The highest BCUT2D eigenvalue weighted by molar-refractivity contribution is 5.79. The molecule has 0 saturated heterocycles. The smallest absolute Gasteiger partial charge is 0.326 e. The molecule has 2 saturated carbocycles. The summed E-state index contributed by atoms with van der Waals surface area (Å²) in [5.41, 5.74) is 0. The molecule has 0 aromatic rings. The van der Waals surface area contributed by atoms with E-state index in [-0.39, 0.29) is 31.3 Å². The van der Waals surface area contributed by atoms with Gasteiger partial charge in [-0.05, 0) is 32.1 Å². The molecule has 0 aromatic heterocycles. The quantitative estimate of drug-likeness (QED) is 0.743. The van der Waals surface area contributed by atoms with Crippen LogP contribution in [0.1, 0.15) is 38.5 Å². The van der Waals surface area contributed by atoms with Crippen molar-refractivity contribution in [2.45, 2.75) is 50.7 Å². The molecule has 2 fully saturated rings. The van der Waals surface area contributed by atoms with Crippen LogP contribution in [0.15, 0.2) is 0 Å². The second-order valence-electron chi connectivity index (χ2n) is 5.46. The van der Waals surface area contributed by atoms with Crippen LogP contribution in [-0.4, -0.2) is 29.6 Å². The van der Waals surface area contributed by atoms with Crippen molar-refractivity contribution in [3.05, 3.63) is 0 Å². The minimum atomic E-state index is -4.21. The summed E-state index contributed by atoms with van der Waals surface area (Å²) in [5, 5.41) is 8.72. The highest BCUT2D eigenvalue weighted by Gasteiger charge is 2.45. The Bertz CT molecular complexity index is 384. The van der Waals surface area contributed by atoms with Crippen LogP contribution in [0.2, 0.25) is 0 Å². The van der Waals surface area contributed by atoms with Crippen molar-refractivity contribution in [2.24, 2.45) is 11.8 Å². The van der Waals surface area contributed by atoms with Gasteiger partial charge in [-0.25, -0.2) is 0 Å². The summed E-state index contributed by atoms with van der Waals surface area (Å²) in [5.74, 6) is -2.18. The van der Waals surface area contributed by atoms with Crippen molar-refractivity contribution in [3.8, 4) is 6.07 Å². The molecule has 0 spiro atoms. The standard InChI is InChI=1S/C13H17F3N2O/c14-13(15,16)10-3-1-2-9(8-10)12(19)18(7-6-17)11-4-5-11/h9-11H,1-5,7-8H2/t9-,10+/m1/s1. The lowest BCUT2D eigenvalue weighted by molar-refractivity contribution is -0.187. The number of carbonyl (C=O) groups excluding carboxylic acids is 1. The van der Waals surface area contributed by atoms with Gasteiger partial charge in [0.05, 0.1) is 12.0 Å². The van der Waals surface area contributed by atoms with Crippen molar-refractivity contribution in [2.75, 3.05) is 6.54 Å². The first-order valence-corrected chi connectivity index (χ1v) is 6.67. The van der Waals surface area contributed by atoms with E-state index in [0.29, 0.717) is 12.8 Å². The molecule has 2 rings (SSSR count). The molecular weight excluding hydrogens is 257 g/mol. The summed E-state index contributed by atoms with van der Waals surface area (Å²) in [6.45, 7) is -0.00329. The van der Waals surface area contributed by atoms with E-state index in [4.69, 9.17) is 5.26 Å². The van der Waals surface area contributed by atoms with Gasteiger partial charge in [0.25, 0.3) is 0 Å². The molecule has 2 atom stereocenters. The van der Waals surface area contributed by atoms with Crippen molar-refractivity contribution in [1.82, 2.24) is 4.90 Å². The average molecular weight is 274 g/mol. The molecule has 6 heteroatoms. The molecule has 3 nitrogen and oxygen atoms in total. The number of nitriles is 1. The van der Waals surface area contributed by atoms with E-state index >= 15 is 0 Å². The van der Waals surface area contributed by atoms with E-state index in [0.717, 1.165) is 12.8 Å². The summed E-state index contributed by atoms with van der Waals surface area (Å²) in [6.07, 6.45) is -1.53. The zero-order valence-electron chi connectivity index (χ0n) is 10.6. The van der Waals surface area contributed by atoms with Gasteiger partial charge in [0, 0.05) is 12.0 Å². The molecule has 0 bridgehead atoms. The summed E-state index contributed by atoms with van der Waals surface area (Å²) in [4.78, 5) is 13.7. The first kappa shape index (κ1) is 14.2. The third-order valence-corrected chi connectivity index (χ3v) is 4.00. The Morgan fingerprint density at radius 3 is 2.47 bits per heavy atom. The normalized spacial score (nSPS) is 27.7. The van der Waals surface area contributed by atoms with Crippen molar-refractivity contribution in [1.29, 1.82) is 5.26 Å². The van der Waals surface area contributed by atoms with Crippen LogP contribution in [0.25, 0.3) is 0 Å². The third kappa shape index (κ3) is 3.40. The van der Waals surface area contributed by atoms with Gasteiger partial charge in [-0.1, -0.05) is 6.42 Å². The fourth-order valence-electron chi connectivity index (χ4n) is 2.80. The lowest BCUT2D eigenvalue weighted by Crippen LogP contribution is -2.41. The van der Waals surface area contributed by atoms with Gasteiger partial charge in [0.1, 0.15) is 6.54 Å². The molecule has 2 aliphatic carbocycles. The molecule has 0 heterocycles. The van der Waals surface area contributed by atoms with Crippen LogP contribution in [0.5, 0.6) is 0 Å². The Hall–Kier alpha value is -1.25. The topological polar surface area (TPSA) is 44.1 Å². The molecular formula is C13H17F3N2O. The molecule has 1 amide bonds. The number of hydrogen-bond acceptors (Lipinski definition) is 2. The average Bonchev–Trinajstić information content (AvgIpc) is 3.18. The van der Waals surface area contributed by atoms with Crippen LogP contribution in [0.3, 0.4) is 0 Å². The highest BCUT2D eigenvalue weighted by atomic mass is 19.4. The van der Waals surface area contributed by atoms with Crippen molar-refractivity contribution in [3.63, 3.8) is 0 Å². The molecule has 0 radical (unpaired) electrons. The minimum Gasteiger partial charge on any atom is -0.326 e. The first-order chi connectivity index (χ1) is 8.93. The number of rotatable bonds is 3. The van der Waals surface area contributed by atoms with Crippen LogP contribution < -0.4 is 0 Å². The summed E-state index contributed by atoms with van der Waals surface area (Å²) in [7, 11) is 0. The lowest BCUT2D eigenvalue weighted by Gasteiger charge is -2.32. The Morgan fingerprint density at radius 1 is 1.26 bits per heavy atom. The maximum Gasteiger partial charge on any atom is 0.391 e. The van der Waals surface area contributed by atoms with E-state index in [1.54, 1.807) is 0 Å². The molecule has 106 valence electrons. The van der Waals surface area contributed by atoms with Crippen molar-refractivity contribution >= 4 is 5.91 Å². The maximum atomic E-state index is 12.7. The van der Waals surface area contributed by atoms with Gasteiger partial charge >= 0.3 is 6.18 Å². The second kappa shape index (κ2) is 5.40. The third-order valence-electron chi connectivity index (χ3n) is 4.00. The molecule has 0 aliphatic heterocycles. The second-order valence-corrected chi connectivity index (χ2v) is 5.46. The molecule has 0 unspecified atom stereocenters. The zero-order valence-corrected chi connectivity index (χ0v) is 10.6. The van der Waals surface area contributed by atoms with Crippen LogP contribution in [0.4, 0.5) is 13.2 Å². The van der Waals surface area contributed by atoms with Crippen molar-refractivity contribution < 1.29 is 18.0 Å². The van der Waals surface area contributed by atoms with E-state index in [1.165, 1.54) is 4.90 Å². The number of carbonyl (C=O) groups is 1. The summed E-state index contributed by atoms with van der Waals surface area (Å²) < 4.78 is 38.2. The van der Waals surface area contributed by atoms with E-state index in [9.17, 15) is 18.0 Å². The number of alkyl halides is 3. The number of nitrogens with zero attached hydrogens (tertiary/aromatic N) is 2. The largest absolute Gasteiger partial charge is 0.391 e. The minimum absolute atomic E-state index is 0.00329. The fraction of sp³-hybridized carbons (Fsp3) is 0.846. The van der Waals surface area contributed by atoms with Crippen LogP contribution >= 0.6 is 0 Å². The van der Waals surface area contributed by atoms with Gasteiger partial charge < -0.3 is 4.90 Å². The molecule has 2 aliphatic rings. The van der Waals surface area contributed by atoms with E-state index < -0.39 is 18.0 Å². The molecule has 0 N–H and O–H groups in total. The number of halogens is 3. The number of amides is 1. The van der Waals surface area contributed by atoms with Gasteiger partial charge in [-0.3, -0.25) is 4.79 Å². The number of hydrogen-bond donors (Lipinski definition) is 0. The van der Waals surface area contributed by atoms with Gasteiger partial charge in [0.2, 0.25) is 5.91 Å². The Morgan fingerprint density at radius 2 is 1.95 bits per heavy atom. The predicted molar refractivity (Wildman–Crippen MR) is 61.9 cm³/mol. The van der Waals surface area contributed by atoms with Crippen LogP contribution in [0, 0.1) is 23.2 Å². The summed E-state index contributed by atoms with van der Waals surface area (Å²) in [6, 6.07) is 2.02. The Kier molecular flexibility index (Phi) is 4.02. The predicted octanol–water partition coefficient (Wildman–Crippen LogP) is 2.87. The van der Waals surface area contributed by atoms with Gasteiger partial charge in [-0.2, -0.15) is 18.4 Å². The molecule has 0 aromatic carbocycles. The van der Waals surface area contributed by atoms with Gasteiger partial charge in [-0.15, -0.1) is 0 Å². The highest BCUT2D eigenvalue weighted by Crippen LogP contribution is 2.41. The Labute approximate surface area is 110 Å².